The van der Waals surface area contributed by atoms with Crippen molar-refractivity contribution in [3.05, 3.63) is 35.9 Å². The second-order valence-corrected chi connectivity index (χ2v) is 22.4. The second-order valence-electron chi connectivity index (χ2n) is 7.07. The van der Waals surface area contributed by atoms with Crippen LogP contribution in [0.15, 0.2) is 30.3 Å². The molecule has 0 bridgehead atoms. The molecule has 106 valence electrons. The van der Waals surface area contributed by atoms with Crippen molar-refractivity contribution in [2.24, 2.45) is 0 Å². The summed E-state index contributed by atoms with van der Waals surface area (Å²) in [5.41, 5.74) is 1.41. The van der Waals surface area contributed by atoms with Crippen LogP contribution in [-0.2, 0) is 0 Å². The van der Waals surface area contributed by atoms with E-state index in [1.165, 1.54) is 5.56 Å². The predicted octanol–water partition coefficient (Wildman–Crippen LogP) is 3.84. The molecular formula is C14H28N2Si2Sn. The summed E-state index contributed by atoms with van der Waals surface area (Å²) in [7, 11) is -2.36. The van der Waals surface area contributed by atoms with Crippen LogP contribution in [0.4, 0.5) is 0 Å². The van der Waals surface area contributed by atoms with E-state index in [1.807, 2.05) is 0 Å². The average Bonchev–Trinajstić information content (AvgIpc) is 2.26. The Hall–Kier alpha value is 0.372. The first-order valence-electron chi connectivity index (χ1n) is 6.99. The second kappa shape index (κ2) is 6.89. The van der Waals surface area contributed by atoms with E-state index >= 15 is 0 Å². The third-order valence-corrected chi connectivity index (χ3v) is 25.0. The van der Waals surface area contributed by atoms with Crippen molar-refractivity contribution >= 4 is 38.2 Å². The van der Waals surface area contributed by atoms with Crippen LogP contribution in [0.25, 0.3) is 0 Å². The molecule has 19 heavy (non-hydrogen) atoms. The SMILES string of the molecule is CC([NH][Sn][N]([Si](C)(C)C)[Si](C)(C)C)c1ccccc1. The monoisotopic (exact) mass is 400 g/mol. The first-order chi connectivity index (χ1) is 8.62. The number of nitrogens with one attached hydrogen (secondary N) is 1. The van der Waals surface area contributed by atoms with Crippen LogP contribution in [0, 0.1) is 0 Å². The van der Waals surface area contributed by atoms with Gasteiger partial charge < -0.3 is 0 Å². The van der Waals surface area contributed by atoms with Crippen molar-refractivity contribution in [1.29, 1.82) is 0 Å². The molecule has 0 saturated carbocycles. The Morgan fingerprint density at radius 2 is 1.42 bits per heavy atom. The minimum absolute atomic E-state index is 0.489. The molecule has 0 aliphatic carbocycles. The molecule has 0 aliphatic heterocycles. The van der Waals surface area contributed by atoms with E-state index in [-0.39, 0.29) is 0 Å². The molecule has 0 fully saturated rings. The fourth-order valence-electron chi connectivity index (χ4n) is 2.33. The van der Waals surface area contributed by atoms with Gasteiger partial charge in [-0.25, -0.2) is 0 Å². The maximum absolute atomic E-state index is 3.88. The van der Waals surface area contributed by atoms with E-state index in [1.54, 1.807) is 0 Å². The van der Waals surface area contributed by atoms with Crippen molar-refractivity contribution in [3.8, 4) is 0 Å². The summed E-state index contributed by atoms with van der Waals surface area (Å²) in [6, 6.07) is 11.3. The van der Waals surface area contributed by atoms with Crippen LogP contribution in [0.2, 0.25) is 39.3 Å². The van der Waals surface area contributed by atoms with Gasteiger partial charge in [-0.3, -0.25) is 0 Å². The van der Waals surface area contributed by atoms with Gasteiger partial charge in [0.15, 0.2) is 0 Å². The van der Waals surface area contributed by atoms with Crippen LogP contribution in [0.1, 0.15) is 18.5 Å². The van der Waals surface area contributed by atoms with Gasteiger partial charge in [0.2, 0.25) is 0 Å². The molecule has 1 aromatic carbocycles. The Morgan fingerprint density at radius 1 is 0.947 bits per heavy atom. The summed E-state index contributed by atoms with van der Waals surface area (Å²) in [5.74, 6) is 0. The summed E-state index contributed by atoms with van der Waals surface area (Å²) in [6.07, 6.45) is 0. The fraction of sp³-hybridized carbons (Fsp3) is 0.571. The Morgan fingerprint density at radius 3 is 1.84 bits per heavy atom. The molecule has 0 aliphatic rings. The normalized spacial score (nSPS) is 14.7. The zero-order chi connectivity index (χ0) is 14.7. The molecule has 2 nitrogen and oxygen atoms in total. The zero-order valence-corrected chi connectivity index (χ0v) is 18.3. The van der Waals surface area contributed by atoms with Crippen molar-refractivity contribution in [2.45, 2.75) is 52.2 Å². The molecule has 0 amide bonds. The average molecular weight is 399 g/mol. The molecule has 1 unspecified atom stereocenters. The maximum atomic E-state index is 3.88. The molecule has 0 heterocycles. The Balaban J connectivity index is 2.68. The Labute approximate surface area is 132 Å². The summed E-state index contributed by atoms with van der Waals surface area (Å²) in [4.78, 5) is 0. The summed E-state index contributed by atoms with van der Waals surface area (Å²) in [6.45, 7) is 17.2. The number of rotatable bonds is 6. The third kappa shape index (κ3) is 5.71. The van der Waals surface area contributed by atoms with Gasteiger partial charge in [0.25, 0.3) is 0 Å². The molecule has 0 spiro atoms. The van der Waals surface area contributed by atoms with Crippen molar-refractivity contribution < 1.29 is 0 Å². The van der Waals surface area contributed by atoms with Gasteiger partial charge in [0.05, 0.1) is 0 Å². The van der Waals surface area contributed by atoms with Gasteiger partial charge >= 0.3 is 132 Å². The Bertz CT molecular complexity index is 371. The number of hydrogen-bond acceptors (Lipinski definition) is 2. The summed E-state index contributed by atoms with van der Waals surface area (Å²) in [5, 5.41) is 0. The van der Waals surface area contributed by atoms with Gasteiger partial charge in [-0.2, -0.15) is 0 Å². The van der Waals surface area contributed by atoms with E-state index in [0.29, 0.717) is 6.04 Å². The first kappa shape index (κ1) is 17.4. The molecule has 0 aromatic heterocycles. The number of hydrogen-bond donors (Lipinski definition) is 1. The third-order valence-electron chi connectivity index (χ3n) is 3.03. The van der Waals surface area contributed by atoms with Crippen LogP contribution >= 0.6 is 0 Å². The Kier molecular flexibility index (Phi) is 6.32. The topological polar surface area (TPSA) is 15.3 Å². The number of benzene rings is 1. The van der Waals surface area contributed by atoms with Crippen molar-refractivity contribution in [3.63, 3.8) is 0 Å². The molecule has 1 atom stereocenters. The summed E-state index contributed by atoms with van der Waals surface area (Å²) < 4.78 is 6.82. The van der Waals surface area contributed by atoms with E-state index in [4.69, 9.17) is 0 Å². The van der Waals surface area contributed by atoms with Gasteiger partial charge in [0.1, 0.15) is 0 Å². The quantitative estimate of drug-likeness (QED) is 0.732. The molecule has 2 radical (unpaired) electrons. The van der Waals surface area contributed by atoms with Crippen molar-refractivity contribution in [1.82, 2.24) is 5.99 Å². The standard InChI is InChI=1S/C8H10N.C6H18NSi2.Sn/c1-7(9)8-5-3-2-4-6-8;1-8(2,3)7-9(4,5)6;/h2-7,9H,1H3;1-6H3;/q2*-1;+2. The molecule has 1 aromatic rings. The molecule has 5 heteroatoms. The van der Waals surface area contributed by atoms with E-state index < -0.39 is 38.2 Å². The molecule has 0 saturated heterocycles. The fourth-order valence-corrected chi connectivity index (χ4v) is 19.1. The molecule has 1 N–H and O–H groups in total. The van der Waals surface area contributed by atoms with E-state index in [2.05, 4.69) is 82.5 Å². The zero-order valence-electron chi connectivity index (χ0n) is 13.4. The van der Waals surface area contributed by atoms with Gasteiger partial charge in [0, 0.05) is 0 Å². The van der Waals surface area contributed by atoms with Crippen LogP contribution in [0.5, 0.6) is 0 Å². The van der Waals surface area contributed by atoms with E-state index in [9.17, 15) is 0 Å². The predicted molar refractivity (Wildman–Crippen MR) is 92.3 cm³/mol. The van der Waals surface area contributed by atoms with Crippen LogP contribution in [-0.4, -0.2) is 40.6 Å². The molecular weight excluding hydrogens is 371 g/mol. The first-order valence-corrected chi connectivity index (χ1v) is 16.6. The summed E-state index contributed by atoms with van der Waals surface area (Å²) >= 11 is -0.677. The van der Waals surface area contributed by atoms with Gasteiger partial charge in [-0.15, -0.1) is 0 Å². The van der Waals surface area contributed by atoms with Gasteiger partial charge in [-0.05, 0) is 0 Å². The van der Waals surface area contributed by atoms with Gasteiger partial charge in [-0.1, -0.05) is 0 Å². The van der Waals surface area contributed by atoms with E-state index in [0.717, 1.165) is 0 Å². The van der Waals surface area contributed by atoms with Crippen LogP contribution in [0.3, 0.4) is 0 Å². The minimum atomic E-state index is -1.18. The molecule has 1 rings (SSSR count). The van der Waals surface area contributed by atoms with Crippen molar-refractivity contribution in [2.75, 3.05) is 0 Å². The number of nitrogens with zero attached hydrogens (tertiary/aromatic N) is 1. The van der Waals surface area contributed by atoms with Crippen LogP contribution < -0.4 is 3.54 Å².